The highest BCUT2D eigenvalue weighted by atomic mass is 32.1. The van der Waals surface area contributed by atoms with Gasteiger partial charge in [-0.3, -0.25) is 9.59 Å². The minimum absolute atomic E-state index is 0.0134. The fraction of sp³-hybridized carbons (Fsp3) is 0.500. The van der Waals surface area contributed by atoms with Crippen molar-refractivity contribution in [3.63, 3.8) is 0 Å². The Morgan fingerprint density at radius 1 is 1.23 bits per heavy atom. The fourth-order valence-corrected chi connectivity index (χ4v) is 5.48. The summed E-state index contributed by atoms with van der Waals surface area (Å²) >= 11 is 1.77. The molecule has 2 aliphatic rings. The van der Waals surface area contributed by atoms with Crippen LogP contribution in [0.2, 0.25) is 0 Å². The third kappa shape index (κ3) is 4.30. The van der Waals surface area contributed by atoms with Crippen LogP contribution in [0.4, 0.5) is 0 Å². The number of rotatable bonds is 6. The summed E-state index contributed by atoms with van der Waals surface area (Å²) in [4.78, 5) is 31.1. The van der Waals surface area contributed by atoms with Crippen molar-refractivity contribution in [2.75, 3.05) is 26.2 Å². The van der Waals surface area contributed by atoms with Crippen LogP contribution < -0.4 is 0 Å². The Morgan fingerprint density at radius 3 is 2.80 bits per heavy atom. The first-order chi connectivity index (χ1) is 14.6. The van der Waals surface area contributed by atoms with Gasteiger partial charge in [0.2, 0.25) is 11.8 Å². The Balaban J connectivity index is 1.59. The number of nitrogens with zero attached hydrogens (tertiary/aromatic N) is 2. The minimum atomic E-state index is -0.0880. The third-order valence-electron chi connectivity index (χ3n) is 6.20. The normalized spacial score (nSPS) is 20.8. The average Bonchev–Trinajstić information content (AvgIpc) is 3.44. The Kier molecular flexibility index (Phi) is 6.54. The van der Waals surface area contributed by atoms with Crippen molar-refractivity contribution >= 4 is 23.2 Å². The quantitative estimate of drug-likeness (QED) is 0.703. The highest BCUT2D eigenvalue weighted by Gasteiger charge is 2.35. The molecule has 2 amide bonds. The molecule has 30 heavy (non-hydrogen) atoms. The number of fused-ring (bicyclic) bond motifs is 1. The summed E-state index contributed by atoms with van der Waals surface area (Å²) in [5.74, 6) is 0.0272. The predicted octanol–water partition coefficient (Wildman–Crippen LogP) is 3.95. The van der Waals surface area contributed by atoms with E-state index in [1.165, 1.54) is 16.0 Å². The number of ether oxygens (including phenoxy) is 1. The van der Waals surface area contributed by atoms with Gasteiger partial charge in [0.25, 0.3) is 0 Å². The Morgan fingerprint density at radius 2 is 2.07 bits per heavy atom. The van der Waals surface area contributed by atoms with Gasteiger partial charge in [-0.25, -0.2) is 0 Å². The first-order valence-corrected chi connectivity index (χ1v) is 11.8. The molecule has 4 rings (SSSR count). The van der Waals surface area contributed by atoms with Crippen molar-refractivity contribution in [1.82, 2.24) is 9.80 Å². The van der Waals surface area contributed by atoms with E-state index in [4.69, 9.17) is 4.74 Å². The van der Waals surface area contributed by atoms with E-state index in [1.54, 1.807) is 16.2 Å². The zero-order valence-electron chi connectivity index (χ0n) is 17.8. The van der Waals surface area contributed by atoms with Crippen molar-refractivity contribution < 1.29 is 14.3 Å². The number of carbonyl (C=O) groups is 2. The van der Waals surface area contributed by atoms with E-state index >= 15 is 0 Å². The standard InChI is InChI=1S/C24H30N2O3S/c1-3-22(27)25(15-18-8-6-13-29-18)16-23(28)26-12-10-21-20(11-14-30-21)24(26)19-9-5-4-7-17(19)2/h4-5,7,9,11,14,18,24H,3,6,8,10,12-13,15-16H2,1-2H3/t18-,24+/m1/s1. The number of benzene rings is 1. The van der Waals surface area contributed by atoms with Gasteiger partial charge < -0.3 is 14.5 Å². The van der Waals surface area contributed by atoms with Crippen molar-refractivity contribution in [1.29, 1.82) is 0 Å². The molecule has 0 saturated carbocycles. The smallest absolute Gasteiger partial charge is 0.242 e. The number of carbonyl (C=O) groups excluding carboxylic acids is 2. The van der Waals surface area contributed by atoms with Gasteiger partial charge in [0.1, 0.15) is 0 Å². The molecular weight excluding hydrogens is 396 g/mol. The number of hydrogen-bond acceptors (Lipinski definition) is 4. The van der Waals surface area contributed by atoms with E-state index in [-0.39, 0.29) is 30.5 Å². The second-order valence-corrected chi connectivity index (χ2v) is 9.16. The van der Waals surface area contributed by atoms with E-state index in [1.807, 2.05) is 24.0 Å². The van der Waals surface area contributed by atoms with Crippen LogP contribution in [0.3, 0.4) is 0 Å². The summed E-state index contributed by atoms with van der Waals surface area (Å²) in [5.41, 5.74) is 3.57. The maximum absolute atomic E-state index is 13.5. The predicted molar refractivity (Wildman–Crippen MR) is 119 cm³/mol. The average molecular weight is 427 g/mol. The van der Waals surface area contributed by atoms with Gasteiger partial charge in [0.05, 0.1) is 18.7 Å². The second kappa shape index (κ2) is 9.31. The highest BCUT2D eigenvalue weighted by molar-refractivity contribution is 7.10. The van der Waals surface area contributed by atoms with Crippen LogP contribution in [-0.4, -0.2) is 54.0 Å². The summed E-state index contributed by atoms with van der Waals surface area (Å²) in [6, 6.07) is 10.4. The summed E-state index contributed by atoms with van der Waals surface area (Å²) in [7, 11) is 0. The van der Waals surface area contributed by atoms with Gasteiger partial charge in [-0.1, -0.05) is 31.2 Å². The zero-order valence-corrected chi connectivity index (χ0v) is 18.6. The van der Waals surface area contributed by atoms with Gasteiger partial charge in [0.15, 0.2) is 0 Å². The molecule has 0 aliphatic carbocycles. The number of thiophene rings is 1. The molecule has 1 fully saturated rings. The van der Waals surface area contributed by atoms with Gasteiger partial charge in [-0.05, 0) is 54.3 Å². The van der Waals surface area contributed by atoms with Gasteiger partial charge in [-0.2, -0.15) is 0 Å². The van der Waals surface area contributed by atoms with Crippen LogP contribution in [-0.2, 0) is 20.7 Å². The number of amides is 2. The molecule has 2 aromatic rings. The largest absolute Gasteiger partial charge is 0.376 e. The van der Waals surface area contributed by atoms with Crippen LogP contribution in [0.1, 0.15) is 53.8 Å². The molecule has 1 aromatic carbocycles. The monoisotopic (exact) mass is 426 g/mol. The van der Waals surface area contributed by atoms with E-state index in [2.05, 4.69) is 30.5 Å². The van der Waals surface area contributed by atoms with E-state index in [0.717, 1.165) is 31.4 Å². The highest BCUT2D eigenvalue weighted by Crippen LogP contribution is 2.39. The molecule has 0 spiro atoms. The topological polar surface area (TPSA) is 49.9 Å². The van der Waals surface area contributed by atoms with Crippen LogP contribution >= 0.6 is 11.3 Å². The van der Waals surface area contributed by atoms with Gasteiger partial charge in [0, 0.05) is 31.0 Å². The molecule has 2 aliphatic heterocycles. The fourth-order valence-electron chi connectivity index (χ4n) is 4.58. The number of aryl methyl sites for hydroxylation is 1. The SMILES string of the molecule is CCC(=O)N(CC(=O)N1CCc2sccc2[C@@H]1c1ccccc1C)C[C@H]1CCCO1. The Hall–Kier alpha value is -2.18. The van der Waals surface area contributed by atoms with Crippen molar-refractivity contribution in [3.8, 4) is 0 Å². The van der Waals surface area contributed by atoms with Crippen molar-refractivity contribution in [3.05, 3.63) is 57.3 Å². The van der Waals surface area contributed by atoms with E-state index in [9.17, 15) is 9.59 Å². The van der Waals surface area contributed by atoms with Crippen LogP contribution in [0.25, 0.3) is 0 Å². The maximum atomic E-state index is 13.5. The molecule has 0 radical (unpaired) electrons. The first-order valence-electron chi connectivity index (χ1n) is 10.9. The lowest BCUT2D eigenvalue weighted by Crippen LogP contribution is -2.48. The molecule has 0 unspecified atom stereocenters. The summed E-state index contributed by atoms with van der Waals surface area (Å²) in [6.07, 6.45) is 3.29. The molecular formula is C24H30N2O3S. The van der Waals surface area contributed by atoms with Crippen LogP contribution in [0.5, 0.6) is 0 Å². The second-order valence-electron chi connectivity index (χ2n) is 8.16. The van der Waals surface area contributed by atoms with Crippen LogP contribution in [0.15, 0.2) is 35.7 Å². The lowest BCUT2D eigenvalue weighted by molar-refractivity contribution is -0.142. The summed E-state index contributed by atoms with van der Waals surface area (Å²) in [5, 5.41) is 2.12. The first kappa shape index (κ1) is 21.1. The maximum Gasteiger partial charge on any atom is 0.242 e. The lowest BCUT2D eigenvalue weighted by Gasteiger charge is -2.38. The molecule has 6 heteroatoms. The lowest BCUT2D eigenvalue weighted by atomic mass is 9.90. The van der Waals surface area contributed by atoms with Crippen molar-refractivity contribution in [2.45, 2.75) is 51.7 Å². The summed E-state index contributed by atoms with van der Waals surface area (Å²) in [6.45, 7) is 6.00. The molecule has 5 nitrogen and oxygen atoms in total. The molecule has 1 aromatic heterocycles. The summed E-state index contributed by atoms with van der Waals surface area (Å²) < 4.78 is 5.73. The Bertz CT molecular complexity index is 903. The van der Waals surface area contributed by atoms with Crippen molar-refractivity contribution in [2.24, 2.45) is 0 Å². The zero-order chi connectivity index (χ0) is 21.1. The molecule has 2 atom stereocenters. The molecule has 1 saturated heterocycles. The van der Waals surface area contributed by atoms with E-state index < -0.39 is 0 Å². The minimum Gasteiger partial charge on any atom is -0.376 e. The van der Waals surface area contributed by atoms with Gasteiger partial charge in [-0.15, -0.1) is 11.3 Å². The molecule has 160 valence electrons. The molecule has 0 N–H and O–H groups in total. The van der Waals surface area contributed by atoms with Crippen LogP contribution in [0, 0.1) is 6.92 Å². The number of hydrogen-bond donors (Lipinski definition) is 0. The molecule has 3 heterocycles. The molecule has 0 bridgehead atoms. The Labute approximate surface area is 182 Å². The third-order valence-corrected chi connectivity index (χ3v) is 7.20. The van der Waals surface area contributed by atoms with Gasteiger partial charge >= 0.3 is 0 Å². The van der Waals surface area contributed by atoms with E-state index in [0.29, 0.717) is 19.5 Å².